The third-order valence-corrected chi connectivity index (χ3v) is 5.40. The quantitative estimate of drug-likeness (QED) is 0.445. The van der Waals surface area contributed by atoms with Gasteiger partial charge in [-0.3, -0.25) is 4.55 Å². The van der Waals surface area contributed by atoms with Crippen molar-refractivity contribution in [2.75, 3.05) is 20.3 Å². The predicted octanol–water partition coefficient (Wildman–Crippen LogP) is 2.99. The zero-order chi connectivity index (χ0) is 22.2. The van der Waals surface area contributed by atoms with Gasteiger partial charge >= 0.3 is 0 Å². The van der Waals surface area contributed by atoms with Crippen LogP contribution >= 0.6 is 11.6 Å². The van der Waals surface area contributed by atoms with Gasteiger partial charge in [0, 0.05) is 11.4 Å². The number of rotatable bonds is 11. The largest absolute Gasteiger partial charge is 0.497 e. The second-order valence-corrected chi connectivity index (χ2v) is 8.62. The first kappa shape index (κ1) is 24.2. The number of nitrogens with two attached hydrogens (primary N) is 1. The van der Waals surface area contributed by atoms with Gasteiger partial charge in [0.25, 0.3) is 10.1 Å². The Hall–Kier alpha value is -2.10. The van der Waals surface area contributed by atoms with Crippen LogP contribution in [0.15, 0.2) is 53.9 Å². The van der Waals surface area contributed by atoms with Crippen molar-refractivity contribution < 1.29 is 27.6 Å². The highest BCUT2D eigenvalue weighted by molar-refractivity contribution is 7.88. The molecule has 0 saturated heterocycles. The normalized spacial score (nSPS) is 13.9. The molecule has 1 unspecified atom stereocenters. The molecule has 0 amide bonds. The van der Waals surface area contributed by atoms with Crippen LogP contribution in [0.1, 0.15) is 17.5 Å². The van der Waals surface area contributed by atoms with E-state index in [9.17, 15) is 13.5 Å². The SMILES string of the molecule is COc1ccc(CCOc2ccc(CCC(N)(/C=C/S(=O)(=O)O)CO)c(Cl)c2)cc1. The van der Waals surface area contributed by atoms with E-state index in [1.807, 2.05) is 24.3 Å². The fourth-order valence-corrected chi connectivity index (χ4v) is 3.41. The van der Waals surface area contributed by atoms with Gasteiger partial charge < -0.3 is 20.3 Å². The van der Waals surface area contributed by atoms with E-state index < -0.39 is 22.3 Å². The maximum absolute atomic E-state index is 10.9. The lowest BCUT2D eigenvalue weighted by atomic mass is 9.93. The summed E-state index contributed by atoms with van der Waals surface area (Å²) in [6, 6.07) is 13.1. The lowest BCUT2D eigenvalue weighted by molar-refractivity contribution is 0.220. The molecule has 2 rings (SSSR count). The number of aryl methyl sites for hydroxylation is 1. The highest BCUT2D eigenvalue weighted by Crippen LogP contribution is 2.25. The van der Waals surface area contributed by atoms with Crippen LogP contribution in [0.4, 0.5) is 0 Å². The Kier molecular flexibility index (Phi) is 8.69. The molecular formula is C21H26ClNO6S. The number of halogens is 1. The molecule has 30 heavy (non-hydrogen) atoms. The summed E-state index contributed by atoms with van der Waals surface area (Å²) in [6.45, 7) is 0.00203. The number of aliphatic hydroxyl groups is 1. The van der Waals surface area contributed by atoms with Gasteiger partial charge in [-0.15, -0.1) is 0 Å². The predicted molar refractivity (Wildman–Crippen MR) is 117 cm³/mol. The summed E-state index contributed by atoms with van der Waals surface area (Å²) in [7, 11) is -2.69. The average molecular weight is 456 g/mol. The number of aliphatic hydroxyl groups excluding tert-OH is 1. The molecule has 0 bridgehead atoms. The van der Waals surface area contributed by atoms with E-state index in [2.05, 4.69) is 0 Å². The van der Waals surface area contributed by atoms with Crippen molar-refractivity contribution in [2.24, 2.45) is 5.73 Å². The van der Waals surface area contributed by atoms with Crippen LogP contribution in [0.2, 0.25) is 5.02 Å². The molecule has 0 aliphatic heterocycles. The molecule has 7 nitrogen and oxygen atoms in total. The molecule has 0 aliphatic carbocycles. The van der Waals surface area contributed by atoms with Crippen LogP contribution in [0.25, 0.3) is 0 Å². The van der Waals surface area contributed by atoms with Crippen molar-refractivity contribution in [1.29, 1.82) is 0 Å². The third kappa shape index (κ3) is 7.97. The molecule has 0 heterocycles. The van der Waals surface area contributed by atoms with Gasteiger partial charge in [-0.25, -0.2) is 0 Å². The van der Waals surface area contributed by atoms with Crippen molar-refractivity contribution in [1.82, 2.24) is 0 Å². The van der Waals surface area contributed by atoms with E-state index in [0.29, 0.717) is 29.2 Å². The Balaban J connectivity index is 1.91. The van der Waals surface area contributed by atoms with Crippen molar-refractivity contribution in [3.63, 3.8) is 0 Å². The van der Waals surface area contributed by atoms with E-state index >= 15 is 0 Å². The highest BCUT2D eigenvalue weighted by atomic mass is 35.5. The minimum absolute atomic E-state index is 0.229. The molecule has 1 atom stereocenters. The first-order valence-electron chi connectivity index (χ1n) is 9.25. The average Bonchev–Trinajstić information content (AvgIpc) is 2.72. The van der Waals surface area contributed by atoms with E-state index in [1.54, 1.807) is 25.3 Å². The second-order valence-electron chi connectivity index (χ2n) is 6.91. The summed E-state index contributed by atoms with van der Waals surface area (Å²) in [5.41, 5.74) is 6.59. The molecular weight excluding hydrogens is 430 g/mol. The van der Waals surface area contributed by atoms with Crippen LogP contribution in [-0.2, 0) is 23.0 Å². The summed E-state index contributed by atoms with van der Waals surface area (Å²) in [5, 5.41) is 10.5. The molecule has 0 aliphatic rings. The molecule has 0 saturated carbocycles. The number of ether oxygens (including phenoxy) is 2. The zero-order valence-electron chi connectivity index (χ0n) is 16.6. The van der Waals surface area contributed by atoms with Crippen molar-refractivity contribution >= 4 is 21.7 Å². The number of hydrogen-bond donors (Lipinski definition) is 3. The van der Waals surface area contributed by atoms with Gasteiger partial charge in [0.05, 0.1) is 31.3 Å². The summed E-state index contributed by atoms with van der Waals surface area (Å²) in [5.74, 6) is 1.43. The molecule has 0 spiro atoms. The van der Waals surface area contributed by atoms with Crippen LogP contribution in [0.3, 0.4) is 0 Å². The monoisotopic (exact) mass is 455 g/mol. The fourth-order valence-electron chi connectivity index (χ4n) is 2.70. The summed E-state index contributed by atoms with van der Waals surface area (Å²) in [4.78, 5) is 0. The van der Waals surface area contributed by atoms with Crippen molar-refractivity contribution in [3.8, 4) is 11.5 Å². The molecule has 0 fully saturated rings. The van der Waals surface area contributed by atoms with Crippen LogP contribution in [0, 0.1) is 0 Å². The van der Waals surface area contributed by atoms with Crippen molar-refractivity contribution in [3.05, 3.63) is 70.1 Å². The van der Waals surface area contributed by atoms with Crippen molar-refractivity contribution in [2.45, 2.75) is 24.8 Å². The lowest BCUT2D eigenvalue weighted by Crippen LogP contribution is -2.42. The summed E-state index contributed by atoms with van der Waals surface area (Å²) >= 11 is 6.33. The van der Waals surface area contributed by atoms with Gasteiger partial charge in [0.1, 0.15) is 11.5 Å². The molecule has 2 aromatic rings. The third-order valence-electron chi connectivity index (χ3n) is 4.57. The number of methoxy groups -OCH3 is 1. The van der Waals surface area contributed by atoms with E-state index in [-0.39, 0.29) is 6.42 Å². The lowest BCUT2D eigenvalue weighted by Gasteiger charge is -2.23. The molecule has 9 heteroatoms. The zero-order valence-corrected chi connectivity index (χ0v) is 18.2. The molecule has 164 valence electrons. The summed E-state index contributed by atoms with van der Waals surface area (Å²) < 4.78 is 41.4. The van der Waals surface area contributed by atoms with Gasteiger partial charge in [0.2, 0.25) is 0 Å². The molecule has 2 aromatic carbocycles. The maximum atomic E-state index is 10.9. The van der Waals surface area contributed by atoms with E-state index in [0.717, 1.165) is 29.4 Å². The minimum atomic E-state index is -4.32. The number of benzene rings is 2. The number of hydrogen-bond acceptors (Lipinski definition) is 6. The topological polar surface area (TPSA) is 119 Å². The van der Waals surface area contributed by atoms with Crippen LogP contribution < -0.4 is 15.2 Å². The van der Waals surface area contributed by atoms with Gasteiger partial charge in [-0.05, 0) is 54.3 Å². The van der Waals surface area contributed by atoms with Gasteiger partial charge in [0.15, 0.2) is 0 Å². The Morgan fingerprint density at radius 1 is 1.13 bits per heavy atom. The Bertz CT molecular complexity index is 962. The van der Waals surface area contributed by atoms with E-state index in [4.69, 9.17) is 31.4 Å². The standard InChI is InChI=1S/C21H26ClNO6S/c1-28-18-5-2-16(3-6-18)9-12-29-19-7-4-17(20(22)14-19)8-10-21(23,15-24)11-13-30(25,26)27/h2-7,11,13-14,24H,8-10,12,15,23H2,1H3,(H,25,26,27)/b13-11+. The molecule has 4 N–H and O–H groups in total. The second kappa shape index (κ2) is 10.8. The Morgan fingerprint density at radius 3 is 2.37 bits per heavy atom. The first-order valence-corrected chi connectivity index (χ1v) is 11.1. The van der Waals surface area contributed by atoms with Gasteiger partial charge in [-0.2, -0.15) is 8.42 Å². The smallest absolute Gasteiger partial charge is 0.287 e. The summed E-state index contributed by atoms with van der Waals surface area (Å²) in [6.07, 6.45) is 2.44. The highest BCUT2D eigenvalue weighted by Gasteiger charge is 2.22. The molecule has 0 aromatic heterocycles. The Labute approximate surface area is 181 Å². The van der Waals surface area contributed by atoms with Crippen LogP contribution in [-0.4, -0.2) is 43.9 Å². The minimum Gasteiger partial charge on any atom is -0.497 e. The van der Waals surface area contributed by atoms with Crippen LogP contribution in [0.5, 0.6) is 11.5 Å². The van der Waals surface area contributed by atoms with Gasteiger partial charge in [-0.1, -0.05) is 29.8 Å². The maximum Gasteiger partial charge on any atom is 0.287 e. The molecule has 0 radical (unpaired) electrons. The first-order chi connectivity index (χ1) is 14.1. The fraction of sp³-hybridized carbons (Fsp3) is 0.333. The Morgan fingerprint density at radius 2 is 1.80 bits per heavy atom. The van der Waals surface area contributed by atoms with E-state index in [1.165, 1.54) is 0 Å².